The van der Waals surface area contributed by atoms with E-state index in [1.165, 1.54) is 50.5 Å². The van der Waals surface area contributed by atoms with Gasteiger partial charge < -0.3 is 5.73 Å². The van der Waals surface area contributed by atoms with E-state index in [9.17, 15) is 0 Å². The summed E-state index contributed by atoms with van der Waals surface area (Å²) in [6.07, 6.45) is 8.93. The molecule has 1 aliphatic rings. The molecule has 1 aromatic carbocycles. The van der Waals surface area contributed by atoms with E-state index in [-0.39, 0.29) is 5.41 Å². The molecule has 0 spiro atoms. The van der Waals surface area contributed by atoms with Crippen LogP contribution in [0.25, 0.3) is 0 Å². The Bertz CT molecular complexity index is 361. The van der Waals surface area contributed by atoms with E-state index >= 15 is 0 Å². The summed E-state index contributed by atoms with van der Waals surface area (Å²) in [4.78, 5) is 0. The highest BCUT2D eigenvalue weighted by Gasteiger charge is 2.41. The molecular weight excluding hydrogens is 230 g/mol. The lowest BCUT2D eigenvalue weighted by atomic mass is 9.70. The molecule has 0 bridgehead atoms. The molecule has 2 rings (SSSR count). The molecule has 1 unspecified atom stereocenters. The first-order chi connectivity index (χ1) is 9.23. The summed E-state index contributed by atoms with van der Waals surface area (Å²) < 4.78 is 0. The monoisotopic (exact) mass is 259 g/mol. The Kier molecular flexibility index (Phi) is 5.04. The summed E-state index contributed by atoms with van der Waals surface area (Å²) in [5, 5.41) is 0. The minimum atomic E-state index is 0.254. The number of hydrogen-bond acceptors (Lipinski definition) is 1. The number of benzene rings is 1. The first-order valence-electron chi connectivity index (χ1n) is 8.04. The Balaban J connectivity index is 2.20. The average molecular weight is 259 g/mol. The van der Waals surface area contributed by atoms with Crippen LogP contribution in [0.2, 0.25) is 0 Å². The standard InChI is InChI=1S/C18H29N/c1-3-15(4-2)14-17(19)18(12-8-9-13-18)16-10-6-5-7-11-16/h5-7,10-11,15,17H,3-4,8-9,12-14,19H2,1-2H3. The second kappa shape index (κ2) is 6.56. The number of rotatable bonds is 6. The van der Waals surface area contributed by atoms with E-state index in [2.05, 4.69) is 44.2 Å². The van der Waals surface area contributed by atoms with Gasteiger partial charge in [-0.15, -0.1) is 0 Å². The van der Waals surface area contributed by atoms with Crippen LogP contribution >= 0.6 is 0 Å². The summed E-state index contributed by atoms with van der Waals surface area (Å²) in [7, 11) is 0. The zero-order chi connectivity index (χ0) is 13.7. The summed E-state index contributed by atoms with van der Waals surface area (Å²) in [6, 6.07) is 11.3. The van der Waals surface area contributed by atoms with Crippen LogP contribution < -0.4 is 5.73 Å². The normalized spacial score (nSPS) is 19.8. The van der Waals surface area contributed by atoms with Crippen LogP contribution in [-0.4, -0.2) is 6.04 Å². The Morgan fingerprint density at radius 3 is 2.16 bits per heavy atom. The molecular formula is C18H29N. The zero-order valence-corrected chi connectivity index (χ0v) is 12.6. The molecule has 2 N–H and O–H groups in total. The first kappa shape index (κ1) is 14.6. The molecule has 1 saturated carbocycles. The van der Waals surface area contributed by atoms with Crippen molar-refractivity contribution in [3.05, 3.63) is 35.9 Å². The smallest absolute Gasteiger partial charge is 0.0139 e. The van der Waals surface area contributed by atoms with E-state index in [1.54, 1.807) is 0 Å². The van der Waals surface area contributed by atoms with E-state index in [4.69, 9.17) is 5.73 Å². The van der Waals surface area contributed by atoms with E-state index < -0.39 is 0 Å². The Morgan fingerprint density at radius 2 is 1.63 bits per heavy atom. The lowest BCUT2D eigenvalue weighted by Crippen LogP contribution is -2.44. The van der Waals surface area contributed by atoms with Gasteiger partial charge in [-0.2, -0.15) is 0 Å². The molecule has 19 heavy (non-hydrogen) atoms. The fraction of sp³-hybridized carbons (Fsp3) is 0.667. The summed E-state index contributed by atoms with van der Waals surface area (Å²) in [6.45, 7) is 4.59. The Morgan fingerprint density at radius 1 is 1.05 bits per heavy atom. The highest BCUT2D eigenvalue weighted by molar-refractivity contribution is 5.29. The van der Waals surface area contributed by atoms with Crippen LogP contribution in [0, 0.1) is 5.92 Å². The van der Waals surface area contributed by atoms with Gasteiger partial charge in [0.2, 0.25) is 0 Å². The van der Waals surface area contributed by atoms with Crippen molar-refractivity contribution in [2.75, 3.05) is 0 Å². The molecule has 0 radical (unpaired) electrons. The van der Waals surface area contributed by atoms with Crippen LogP contribution in [0.4, 0.5) is 0 Å². The SMILES string of the molecule is CCC(CC)CC(N)C1(c2ccccc2)CCCC1. The largest absolute Gasteiger partial charge is 0.327 e. The molecule has 1 atom stereocenters. The van der Waals surface area contributed by atoms with Gasteiger partial charge in [-0.05, 0) is 30.7 Å². The van der Waals surface area contributed by atoms with Crippen LogP contribution in [0.3, 0.4) is 0 Å². The van der Waals surface area contributed by atoms with Gasteiger partial charge in [0.25, 0.3) is 0 Å². The summed E-state index contributed by atoms with van der Waals surface area (Å²) in [5.41, 5.74) is 8.43. The van der Waals surface area contributed by atoms with Gasteiger partial charge in [0.05, 0.1) is 0 Å². The minimum absolute atomic E-state index is 0.254. The molecule has 1 aromatic rings. The lowest BCUT2D eigenvalue weighted by molar-refractivity contribution is 0.285. The number of hydrogen-bond donors (Lipinski definition) is 1. The van der Waals surface area contributed by atoms with Crippen LogP contribution in [0.15, 0.2) is 30.3 Å². The third kappa shape index (κ3) is 3.02. The topological polar surface area (TPSA) is 26.0 Å². The Hall–Kier alpha value is -0.820. The van der Waals surface area contributed by atoms with E-state index in [1.807, 2.05) is 0 Å². The molecule has 0 aromatic heterocycles. The van der Waals surface area contributed by atoms with Gasteiger partial charge in [-0.25, -0.2) is 0 Å². The molecule has 1 heteroatoms. The van der Waals surface area contributed by atoms with E-state index in [0.717, 1.165) is 5.92 Å². The highest BCUT2D eigenvalue weighted by atomic mass is 14.7. The molecule has 1 aliphatic carbocycles. The maximum atomic E-state index is 6.70. The lowest BCUT2D eigenvalue weighted by Gasteiger charge is -2.37. The van der Waals surface area contributed by atoms with E-state index in [0.29, 0.717) is 6.04 Å². The van der Waals surface area contributed by atoms with Crippen molar-refractivity contribution in [2.24, 2.45) is 11.7 Å². The number of nitrogens with two attached hydrogens (primary N) is 1. The first-order valence-corrected chi connectivity index (χ1v) is 8.04. The fourth-order valence-electron chi connectivity index (χ4n) is 3.86. The molecule has 0 heterocycles. The average Bonchev–Trinajstić information content (AvgIpc) is 2.96. The maximum Gasteiger partial charge on any atom is 0.0139 e. The van der Waals surface area contributed by atoms with Gasteiger partial charge in [0, 0.05) is 11.5 Å². The molecule has 1 nitrogen and oxygen atoms in total. The Labute approximate surface area is 118 Å². The van der Waals surface area contributed by atoms with Gasteiger partial charge in [-0.1, -0.05) is 69.9 Å². The van der Waals surface area contributed by atoms with Crippen LogP contribution in [0.1, 0.15) is 64.4 Å². The van der Waals surface area contributed by atoms with Gasteiger partial charge >= 0.3 is 0 Å². The molecule has 1 fully saturated rings. The minimum Gasteiger partial charge on any atom is -0.327 e. The summed E-state index contributed by atoms with van der Waals surface area (Å²) >= 11 is 0. The predicted molar refractivity (Wildman–Crippen MR) is 83.3 cm³/mol. The van der Waals surface area contributed by atoms with Crippen molar-refractivity contribution >= 4 is 0 Å². The molecule has 0 saturated heterocycles. The van der Waals surface area contributed by atoms with Gasteiger partial charge in [0.1, 0.15) is 0 Å². The summed E-state index contributed by atoms with van der Waals surface area (Å²) in [5.74, 6) is 0.788. The third-order valence-corrected chi connectivity index (χ3v) is 5.30. The highest BCUT2D eigenvalue weighted by Crippen LogP contribution is 2.44. The second-order valence-corrected chi connectivity index (χ2v) is 6.25. The van der Waals surface area contributed by atoms with Crippen molar-refractivity contribution in [2.45, 2.75) is 70.3 Å². The molecule has 106 valence electrons. The third-order valence-electron chi connectivity index (χ3n) is 5.30. The van der Waals surface area contributed by atoms with Crippen molar-refractivity contribution in [1.82, 2.24) is 0 Å². The van der Waals surface area contributed by atoms with Gasteiger partial charge in [-0.3, -0.25) is 0 Å². The maximum absolute atomic E-state index is 6.70. The van der Waals surface area contributed by atoms with Crippen molar-refractivity contribution < 1.29 is 0 Å². The van der Waals surface area contributed by atoms with Gasteiger partial charge in [0.15, 0.2) is 0 Å². The zero-order valence-electron chi connectivity index (χ0n) is 12.6. The second-order valence-electron chi connectivity index (χ2n) is 6.25. The quantitative estimate of drug-likeness (QED) is 0.790. The molecule has 0 aliphatic heterocycles. The predicted octanol–water partition coefficient (Wildman–Crippen LogP) is 4.65. The van der Waals surface area contributed by atoms with Crippen LogP contribution in [0.5, 0.6) is 0 Å². The van der Waals surface area contributed by atoms with Crippen molar-refractivity contribution in [3.63, 3.8) is 0 Å². The van der Waals surface area contributed by atoms with Crippen molar-refractivity contribution in [1.29, 1.82) is 0 Å². The van der Waals surface area contributed by atoms with Crippen LogP contribution in [-0.2, 0) is 5.41 Å². The van der Waals surface area contributed by atoms with Crippen molar-refractivity contribution in [3.8, 4) is 0 Å². The molecule has 0 amide bonds. The fourth-order valence-corrected chi connectivity index (χ4v) is 3.86.